The smallest absolute Gasteiger partial charge is 0.418 e. The molecule has 0 unspecified atom stereocenters. The molecule has 0 saturated carbocycles. The van der Waals surface area contributed by atoms with Gasteiger partial charge in [-0.25, -0.2) is 4.79 Å². The summed E-state index contributed by atoms with van der Waals surface area (Å²) in [6, 6.07) is 7.24. The van der Waals surface area contributed by atoms with Gasteiger partial charge in [0.05, 0.1) is 6.04 Å². The van der Waals surface area contributed by atoms with Crippen molar-refractivity contribution in [3.8, 4) is 0 Å². The number of aromatic amines is 1. The molecular formula is C16H19N2O3. The van der Waals surface area contributed by atoms with E-state index in [4.69, 9.17) is 10.5 Å². The lowest BCUT2D eigenvalue weighted by molar-refractivity contribution is -0.123. The molecule has 5 nitrogen and oxygen atoms in total. The quantitative estimate of drug-likeness (QED) is 0.814. The van der Waals surface area contributed by atoms with Gasteiger partial charge in [0.25, 0.3) is 0 Å². The summed E-state index contributed by atoms with van der Waals surface area (Å²) in [6.07, 6.45) is 2.40. The fourth-order valence-corrected chi connectivity index (χ4v) is 2.35. The molecule has 1 aromatic heterocycles. The first-order valence-corrected chi connectivity index (χ1v) is 6.81. The number of nitrogens with two attached hydrogens (primary N) is 1. The second-order valence-electron chi connectivity index (χ2n) is 5.76. The standard InChI is InChI=1S/C16H19N2O3/c1-16(2,21-10-19)8-15(20)13(17)7-11-9-18-14-6-4-3-5-12(11)14/h3-6,9,13,18H,7-8,17H2,1-2H3/t13-/m0/s1. The molecule has 2 aromatic rings. The molecule has 21 heavy (non-hydrogen) atoms. The minimum absolute atomic E-state index is 0.0752. The monoisotopic (exact) mass is 287 g/mol. The first-order valence-electron chi connectivity index (χ1n) is 6.81. The number of carbonyl (C=O) groups is 1. The number of H-pyrrole nitrogens is 1. The Morgan fingerprint density at radius 3 is 2.86 bits per heavy atom. The van der Waals surface area contributed by atoms with Crippen molar-refractivity contribution in [2.75, 3.05) is 0 Å². The zero-order chi connectivity index (χ0) is 15.5. The molecule has 1 heterocycles. The number of aromatic nitrogens is 1. The normalized spacial score (nSPS) is 13.1. The largest absolute Gasteiger partial charge is 0.451 e. The van der Waals surface area contributed by atoms with E-state index in [1.54, 1.807) is 13.8 Å². The SMILES string of the molecule is CC(C)(CC(=O)[C@@H](N)Cc1c[nH]c2ccccc12)O[C]=O. The summed E-state index contributed by atoms with van der Waals surface area (Å²) in [7, 11) is 0. The second-order valence-corrected chi connectivity index (χ2v) is 5.76. The fourth-order valence-electron chi connectivity index (χ4n) is 2.35. The van der Waals surface area contributed by atoms with E-state index < -0.39 is 11.6 Å². The number of hydrogen-bond acceptors (Lipinski definition) is 4. The highest BCUT2D eigenvalue weighted by atomic mass is 16.5. The molecule has 0 spiro atoms. The van der Waals surface area contributed by atoms with Gasteiger partial charge in [0.1, 0.15) is 5.60 Å². The summed E-state index contributed by atoms with van der Waals surface area (Å²) in [6.45, 7) is 4.70. The van der Waals surface area contributed by atoms with Crippen LogP contribution in [0.4, 0.5) is 0 Å². The van der Waals surface area contributed by atoms with Crippen LogP contribution in [0.1, 0.15) is 25.8 Å². The number of Topliss-reactive ketones (excluding diaryl/α,β-unsaturated/α-hetero) is 1. The van der Waals surface area contributed by atoms with Crippen LogP contribution in [0.5, 0.6) is 0 Å². The van der Waals surface area contributed by atoms with Crippen LogP contribution >= 0.6 is 0 Å². The van der Waals surface area contributed by atoms with E-state index in [1.165, 1.54) is 6.47 Å². The van der Waals surface area contributed by atoms with Gasteiger partial charge in [0.2, 0.25) is 0 Å². The van der Waals surface area contributed by atoms with Gasteiger partial charge in [-0.05, 0) is 31.9 Å². The Hall–Kier alpha value is -2.14. The van der Waals surface area contributed by atoms with E-state index in [0.717, 1.165) is 16.5 Å². The molecule has 1 atom stereocenters. The molecule has 0 aliphatic carbocycles. The van der Waals surface area contributed by atoms with Crippen LogP contribution in [0, 0.1) is 0 Å². The highest BCUT2D eigenvalue weighted by molar-refractivity contribution is 5.87. The van der Waals surface area contributed by atoms with Crippen LogP contribution in [0.3, 0.4) is 0 Å². The molecular weight excluding hydrogens is 268 g/mol. The van der Waals surface area contributed by atoms with Gasteiger partial charge < -0.3 is 15.5 Å². The molecule has 111 valence electrons. The van der Waals surface area contributed by atoms with Crippen LogP contribution < -0.4 is 5.73 Å². The van der Waals surface area contributed by atoms with Crippen LogP contribution in [-0.2, 0) is 20.7 Å². The Kier molecular flexibility index (Phi) is 4.43. The summed E-state index contributed by atoms with van der Waals surface area (Å²) in [5.74, 6) is -0.138. The molecule has 0 aliphatic rings. The average molecular weight is 287 g/mol. The number of para-hydroxylation sites is 1. The Balaban J connectivity index is 2.05. The molecule has 0 bridgehead atoms. The van der Waals surface area contributed by atoms with Crippen molar-refractivity contribution in [1.29, 1.82) is 0 Å². The molecule has 0 fully saturated rings. The van der Waals surface area contributed by atoms with Gasteiger partial charge in [-0.3, -0.25) is 4.79 Å². The van der Waals surface area contributed by atoms with Gasteiger partial charge in [0.15, 0.2) is 5.78 Å². The lowest BCUT2D eigenvalue weighted by Crippen LogP contribution is -2.38. The summed E-state index contributed by atoms with van der Waals surface area (Å²) in [4.78, 5) is 25.6. The van der Waals surface area contributed by atoms with Gasteiger partial charge >= 0.3 is 6.47 Å². The predicted molar refractivity (Wildman–Crippen MR) is 80.5 cm³/mol. The third-order valence-corrected chi connectivity index (χ3v) is 3.45. The number of hydrogen-bond donors (Lipinski definition) is 2. The van der Waals surface area contributed by atoms with Gasteiger partial charge in [-0.2, -0.15) is 0 Å². The molecule has 1 radical (unpaired) electrons. The third kappa shape index (κ3) is 3.70. The van der Waals surface area contributed by atoms with Gasteiger partial charge in [-0.1, -0.05) is 18.2 Å². The summed E-state index contributed by atoms with van der Waals surface area (Å²) < 4.78 is 4.77. The minimum Gasteiger partial charge on any atom is -0.451 e. The maximum atomic E-state index is 12.2. The molecule has 1 aromatic carbocycles. The number of benzene rings is 1. The Bertz CT molecular complexity index is 646. The zero-order valence-electron chi connectivity index (χ0n) is 12.2. The number of nitrogens with one attached hydrogen (secondary N) is 1. The Labute approximate surface area is 123 Å². The highest BCUT2D eigenvalue weighted by Crippen LogP contribution is 2.20. The average Bonchev–Trinajstić information content (AvgIpc) is 2.81. The first-order chi connectivity index (χ1) is 9.93. The van der Waals surface area contributed by atoms with E-state index >= 15 is 0 Å². The molecule has 5 heteroatoms. The lowest BCUT2D eigenvalue weighted by Gasteiger charge is -2.22. The summed E-state index contributed by atoms with van der Waals surface area (Å²) >= 11 is 0. The number of ketones is 1. The maximum Gasteiger partial charge on any atom is 0.418 e. The van der Waals surface area contributed by atoms with Crippen molar-refractivity contribution in [1.82, 2.24) is 4.98 Å². The van der Waals surface area contributed by atoms with E-state index in [2.05, 4.69) is 4.98 Å². The number of carbonyl (C=O) groups excluding carboxylic acids is 2. The van der Waals surface area contributed by atoms with Gasteiger partial charge in [0, 0.05) is 23.5 Å². The van der Waals surface area contributed by atoms with Crippen molar-refractivity contribution in [3.05, 3.63) is 36.0 Å². The summed E-state index contributed by atoms with van der Waals surface area (Å²) in [5.41, 5.74) is 7.13. The van der Waals surface area contributed by atoms with Crippen LogP contribution in [0.25, 0.3) is 10.9 Å². The van der Waals surface area contributed by atoms with Crippen LogP contribution in [-0.4, -0.2) is 28.9 Å². The maximum absolute atomic E-state index is 12.2. The molecule has 0 aliphatic heterocycles. The molecule has 0 amide bonds. The number of fused-ring (bicyclic) bond motifs is 1. The lowest BCUT2D eigenvalue weighted by atomic mass is 9.94. The topological polar surface area (TPSA) is 85.2 Å². The molecule has 3 N–H and O–H groups in total. The minimum atomic E-state index is -0.878. The predicted octanol–water partition coefficient (Wildman–Crippen LogP) is 1.86. The van der Waals surface area contributed by atoms with Crippen molar-refractivity contribution >= 4 is 23.2 Å². The van der Waals surface area contributed by atoms with Crippen LogP contribution in [0.15, 0.2) is 30.5 Å². The second kappa shape index (κ2) is 6.10. The Morgan fingerprint density at radius 2 is 2.14 bits per heavy atom. The van der Waals surface area contributed by atoms with Crippen molar-refractivity contribution in [3.63, 3.8) is 0 Å². The highest BCUT2D eigenvalue weighted by Gasteiger charge is 2.27. The molecule has 0 saturated heterocycles. The first kappa shape index (κ1) is 15.3. The van der Waals surface area contributed by atoms with Crippen LogP contribution in [0.2, 0.25) is 0 Å². The fraction of sp³-hybridized carbons (Fsp3) is 0.375. The van der Waals surface area contributed by atoms with Crippen molar-refractivity contribution in [2.24, 2.45) is 5.73 Å². The summed E-state index contributed by atoms with van der Waals surface area (Å²) in [5, 5.41) is 1.07. The van der Waals surface area contributed by atoms with E-state index in [0.29, 0.717) is 6.42 Å². The van der Waals surface area contributed by atoms with Crippen molar-refractivity contribution < 1.29 is 14.3 Å². The number of rotatable bonds is 7. The Morgan fingerprint density at radius 1 is 1.43 bits per heavy atom. The third-order valence-electron chi connectivity index (χ3n) is 3.45. The van der Waals surface area contributed by atoms with Gasteiger partial charge in [-0.15, -0.1) is 0 Å². The zero-order valence-corrected chi connectivity index (χ0v) is 12.2. The van der Waals surface area contributed by atoms with E-state index in [1.807, 2.05) is 30.5 Å². The van der Waals surface area contributed by atoms with Crippen molar-refractivity contribution in [2.45, 2.75) is 38.3 Å². The van der Waals surface area contributed by atoms with E-state index in [-0.39, 0.29) is 12.2 Å². The molecule has 2 rings (SSSR count). The number of ether oxygens (including phenoxy) is 1. The van der Waals surface area contributed by atoms with E-state index in [9.17, 15) is 9.59 Å².